The van der Waals surface area contributed by atoms with E-state index in [4.69, 9.17) is 16.3 Å². The second-order valence-corrected chi connectivity index (χ2v) is 8.85. The van der Waals surface area contributed by atoms with Gasteiger partial charge in [-0.2, -0.15) is 18.3 Å². The molecule has 0 saturated carbocycles. The number of benzene rings is 1. The lowest BCUT2D eigenvalue weighted by molar-refractivity contribution is -0.138. The van der Waals surface area contributed by atoms with Crippen LogP contribution in [0.15, 0.2) is 36.7 Å². The van der Waals surface area contributed by atoms with Gasteiger partial charge in [-0.25, -0.2) is 9.67 Å². The molecule has 0 fully saturated rings. The molecule has 0 radical (unpaired) electrons. The predicted molar refractivity (Wildman–Crippen MR) is 126 cm³/mol. The van der Waals surface area contributed by atoms with Crippen LogP contribution >= 0.6 is 11.6 Å². The van der Waals surface area contributed by atoms with Gasteiger partial charge in [0.1, 0.15) is 5.75 Å². The molecule has 1 aromatic carbocycles. The first-order chi connectivity index (χ1) is 16.5. The van der Waals surface area contributed by atoms with Crippen molar-refractivity contribution >= 4 is 17.6 Å². The number of aryl methyl sites for hydroxylation is 2. The van der Waals surface area contributed by atoms with Crippen LogP contribution in [0.25, 0.3) is 5.82 Å². The molecule has 0 saturated heterocycles. The van der Waals surface area contributed by atoms with Crippen LogP contribution in [0.1, 0.15) is 61.1 Å². The standard InChI is InChI=1S/C25H27ClF3N3O3/c1-4-16-7-5-8-17(11-21(33)34)23(16)35-10-6-9-18-14-32(31-22(18)15(2)3)24-20(26)12-19(13-30-24)25(27,28)29/h5,7-8,12-15H,4,6,9-11H2,1-3H3,(H,33,34). The quantitative estimate of drug-likeness (QED) is 0.326. The molecule has 0 aliphatic rings. The fraction of sp³-hybridized carbons (Fsp3) is 0.400. The van der Waals surface area contributed by atoms with Crippen molar-refractivity contribution in [3.8, 4) is 11.6 Å². The second-order valence-electron chi connectivity index (χ2n) is 8.45. The lowest BCUT2D eigenvalue weighted by atomic mass is 10.0. The molecule has 0 aliphatic heterocycles. The summed E-state index contributed by atoms with van der Waals surface area (Å²) < 4.78 is 46.2. The first kappa shape index (κ1) is 26.5. The summed E-state index contributed by atoms with van der Waals surface area (Å²) in [6, 6.07) is 6.34. The van der Waals surface area contributed by atoms with Crippen molar-refractivity contribution in [1.29, 1.82) is 0 Å². The summed E-state index contributed by atoms with van der Waals surface area (Å²) >= 11 is 6.10. The topological polar surface area (TPSA) is 77.2 Å². The average molecular weight is 510 g/mol. The number of alkyl halides is 3. The maximum absolute atomic E-state index is 12.9. The fourth-order valence-corrected chi connectivity index (χ4v) is 4.06. The number of halogens is 4. The Morgan fingerprint density at radius 3 is 2.54 bits per heavy atom. The van der Waals surface area contributed by atoms with Gasteiger partial charge in [0.2, 0.25) is 0 Å². The third kappa shape index (κ3) is 6.54. The molecule has 2 aromatic heterocycles. The number of nitrogens with zero attached hydrogens (tertiary/aromatic N) is 3. The van der Waals surface area contributed by atoms with Gasteiger partial charge < -0.3 is 9.84 Å². The summed E-state index contributed by atoms with van der Waals surface area (Å²) in [6.45, 7) is 6.30. The zero-order valence-corrected chi connectivity index (χ0v) is 20.5. The third-order valence-corrected chi connectivity index (χ3v) is 5.75. The first-order valence-electron chi connectivity index (χ1n) is 11.3. The van der Waals surface area contributed by atoms with Gasteiger partial charge in [0.05, 0.1) is 29.3 Å². The summed E-state index contributed by atoms with van der Waals surface area (Å²) in [5.74, 6) is -0.117. The van der Waals surface area contributed by atoms with Crippen LogP contribution in [0.3, 0.4) is 0 Å². The van der Waals surface area contributed by atoms with E-state index in [1.165, 1.54) is 4.68 Å². The molecule has 0 bridgehead atoms. The minimum Gasteiger partial charge on any atom is -0.493 e. The van der Waals surface area contributed by atoms with E-state index in [9.17, 15) is 23.1 Å². The van der Waals surface area contributed by atoms with Gasteiger partial charge in [0.25, 0.3) is 0 Å². The van der Waals surface area contributed by atoms with Crippen LogP contribution in [-0.4, -0.2) is 32.4 Å². The van der Waals surface area contributed by atoms with Crippen molar-refractivity contribution in [1.82, 2.24) is 14.8 Å². The van der Waals surface area contributed by atoms with Crippen LogP contribution in [-0.2, 0) is 30.2 Å². The predicted octanol–water partition coefficient (Wildman–Crippen LogP) is 6.26. The molecule has 6 nitrogen and oxygen atoms in total. The average Bonchev–Trinajstić information content (AvgIpc) is 3.20. The molecule has 10 heteroatoms. The highest BCUT2D eigenvalue weighted by Crippen LogP contribution is 2.32. The van der Waals surface area contributed by atoms with E-state index < -0.39 is 17.7 Å². The van der Waals surface area contributed by atoms with E-state index in [1.807, 2.05) is 32.9 Å². The zero-order valence-electron chi connectivity index (χ0n) is 19.7. The van der Waals surface area contributed by atoms with E-state index in [-0.39, 0.29) is 23.2 Å². The number of rotatable bonds is 10. The van der Waals surface area contributed by atoms with Gasteiger partial charge in [0.15, 0.2) is 5.82 Å². The van der Waals surface area contributed by atoms with Crippen molar-refractivity contribution in [2.45, 2.75) is 58.5 Å². The van der Waals surface area contributed by atoms with Crippen molar-refractivity contribution in [2.24, 2.45) is 0 Å². The number of para-hydroxylation sites is 1. The highest BCUT2D eigenvalue weighted by molar-refractivity contribution is 6.32. The van der Waals surface area contributed by atoms with Crippen LogP contribution < -0.4 is 4.74 Å². The Morgan fingerprint density at radius 2 is 1.94 bits per heavy atom. The SMILES string of the molecule is CCc1cccc(CC(=O)O)c1OCCCc1cn(-c2ncc(C(F)(F)F)cc2Cl)nc1C(C)C. The normalized spacial score (nSPS) is 11.8. The fourth-order valence-electron chi connectivity index (χ4n) is 3.81. The molecule has 0 amide bonds. The van der Waals surface area contributed by atoms with E-state index >= 15 is 0 Å². The van der Waals surface area contributed by atoms with Gasteiger partial charge in [-0.15, -0.1) is 0 Å². The van der Waals surface area contributed by atoms with E-state index in [1.54, 1.807) is 12.3 Å². The number of pyridine rings is 1. The number of ether oxygens (including phenoxy) is 1. The number of carboxylic acid groups (broad SMARTS) is 1. The molecule has 3 rings (SSSR count). The van der Waals surface area contributed by atoms with Crippen LogP contribution in [0, 0.1) is 0 Å². The van der Waals surface area contributed by atoms with Crippen LogP contribution in [0.2, 0.25) is 5.02 Å². The molecule has 0 spiro atoms. The maximum Gasteiger partial charge on any atom is 0.417 e. The first-order valence-corrected chi connectivity index (χ1v) is 11.7. The monoisotopic (exact) mass is 509 g/mol. The molecule has 0 atom stereocenters. The Labute approximate surface area is 206 Å². The van der Waals surface area contributed by atoms with E-state index in [0.29, 0.717) is 37.2 Å². The highest BCUT2D eigenvalue weighted by Gasteiger charge is 2.32. The Hall–Kier alpha value is -3.07. The lowest BCUT2D eigenvalue weighted by Gasteiger charge is -2.14. The Balaban J connectivity index is 1.75. The molecule has 3 aromatic rings. The summed E-state index contributed by atoms with van der Waals surface area (Å²) in [4.78, 5) is 15.1. The molecule has 35 heavy (non-hydrogen) atoms. The van der Waals surface area contributed by atoms with Gasteiger partial charge in [0, 0.05) is 18.0 Å². The number of hydrogen-bond donors (Lipinski definition) is 1. The summed E-state index contributed by atoms with van der Waals surface area (Å²) in [7, 11) is 0. The number of aliphatic carboxylic acids is 1. The Kier molecular flexibility index (Phi) is 8.43. The summed E-state index contributed by atoms with van der Waals surface area (Å²) in [6.07, 6.45) is -0.229. The maximum atomic E-state index is 12.9. The second kappa shape index (κ2) is 11.1. The van der Waals surface area contributed by atoms with E-state index in [0.717, 1.165) is 29.1 Å². The molecule has 0 aliphatic carbocycles. The number of aromatic nitrogens is 3. The molecule has 0 unspecified atom stereocenters. The number of hydrogen-bond acceptors (Lipinski definition) is 4. The molecular formula is C25H27ClF3N3O3. The van der Waals surface area contributed by atoms with Crippen LogP contribution in [0.4, 0.5) is 13.2 Å². The van der Waals surface area contributed by atoms with Crippen molar-refractivity contribution in [3.05, 3.63) is 69.6 Å². The van der Waals surface area contributed by atoms with Crippen molar-refractivity contribution in [3.63, 3.8) is 0 Å². The molecule has 2 heterocycles. The van der Waals surface area contributed by atoms with Gasteiger partial charge in [-0.3, -0.25) is 4.79 Å². The van der Waals surface area contributed by atoms with Gasteiger partial charge >= 0.3 is 12.1 Å². The minimum atomic E-state index is -4.53. The zero-order chi connectivity index (χ0) is 25.8. The van der Waals surface area contributed by atoms with Gasteiger partial charge in [-0.1, -0.05) is 50.6 Å². The molecule has 188 valence electrons. The smallest absolute Gasteiger partial charge is 0.417 e. The van der Waals surface area contributed by atoms with Crippen molar-refractivity contribution < 1.29 is 27.8 Å². The Morgan fingerprint density at radius 1 is 1.23 bits per heavy atom. The van der Waals surface area contributed by atoms with E-state index in [2.05, 4.69) is 10.1 Å². The summed E-state index contributed by atoms with van der Waals surface area (Å²) in [5, 5.41) is 13.6. The third-order valence-electron chi connectivity index (χ3n) is 5.47. The Bertz CT molecular complexity index is 1190. The lowest BCUT2D eigenvalue weighted by Crippen LogP contribution is -2.08. The van der Waals surface area contributed by atoms with Crippen LogP contribution in [0.5, 0.6) is 5.75 Å². The molecular weight excluding hydrogens is 483 g/mol. The minimum absolute atomic E-state index is 0.0726. The van der Waals surface area contributed by atoms with Gasteiger partial charge in [-0.05, 0) is 42.4 Å². The molecule has 1 N–H and O–H groups in total. The van der Waals surface area contributed by atoms with Crippen molar-refractivity contribution in [2.75, 3.05) is 6.61 Å². The number of carbonyl (C=O) groups is 1. The largest absolute Gasteiger partial charge is 0.493 e. The number of carboxylic acids is 1. The summed E-state index contributed by atoms with van der Waals surface area (Å²) in [5.41, 5.74) is 2.37. The highest BCUT2D eigenvalue weighted by atomic mass is 35.5.